The van der Waals surface area contributed by atoms with Crippen molar-refractivity contribution in [3.05, 3.63) is 249 Å². The summed E-state index contributed by atoms with van der Waals surface area (Å²) in [7, 11) is -2.63. The summed E-state index contributed by atoms with van der Waals surface area (Å²) in [5.74, 6) is 0. The molecule has 0 N–H and O–H groups in total. The van der Waals surface area contributed by atoms with E-state index in [0.29, 0.717) is 0 Å². The molecule has 10 aromatic carbocycles. The molecule has 2 aromatic heterocycles. The Morgan fingerprint density at radius 2 is 0.656 bits per heavy atom. The normalized spacial score (nSPS) is 11.8. The average Bonchev–Trinajstić information content (AvgIpc) is 3.93. The molecule has 3 nitrogen and oxygen atoms in total. The minimum absolute atomic E-state index is 0.851. The van der Waals surface area contributed by atoms with Gasteiger partial charge in [0.2, 0.25) is 0 Å². The molecule has 0 aliphatic heterocycles. The zero-order chi connectivity index (χ0) is 42.5. The summed E-state index contributed by atoms with van der Waals surface area (Å²) in [6, 6.07) is 89.8. The Bertz CT molecular complexity index is 3490. The SMILES string of the molecule is c1ccc(-c2ccc3oc4ccc(N(c5ccc(-c6ccc([Si](c7ccccc7)(c7ccccc7)c7ccccc7)cc6)cc5)c5ccc6c(c5)oc5ccccc56)cc4c3c2)cc1. The Labute approximate surface area is 372 Å². The maximum absolute atomic E-state index is 6.44. The highest BCUT2D eigenvalue weighted by molar-refractivity contribution is 7.19. The van der Waals surface area contributed by atoms with Gasteiger partial charge in [-0.1, -0.05) is 182 Å². The Kier molecular flexibility index (Phi) is 9.17. The van der Waals surface area contributed by atoms with Gasteiger partial charge in [-0.2, -0.15) is 0 Å². The van der Waals surface area contributed by atoms with E-state index < -0.39 is 8.07 Å². The number of hydrogen-bond acceptors (Lipinski definition) is 3. The maximum atomic E-state index is 6.44. The zero-order valence-corrected chi connectivity index (χ0v) is 35.9. The molecule has 0 aliphatic carbocycles. The topological polar surface area (TPSA) is 29.5 Å². The standard InChI is InChI=1S/C60H41NO2Si/c1-5-15-42(16-6-1)45-29-37-58-55(39-45)56-40-47(33-38-59(56)62-58)61(48-32-36-54-53-23-13-14-24-57(53)63-60(54)41-48)46-30-25-43(26-31-46)44-27-34-52(35-28-44)64(49-17-7-2-8-18-49,50-19-9-3-10-20-50)51-21-11-4-12-22-51/h1-41H. The van der Waals surface area contributed by atoms with E-state index >= 15 is 0 Å². The van der Waals surface area contributed by atoms with Crippen molar-refractivity contribution in [1.29, 1.82) is 0 Å². The Morgan fingerprint density at radius 1 is 0.250 bits per heavy atom. The molecule has 12 aromatic rings. The highest BCUT2D eigenvalue weighted by Crippen LogP contribution is 2.42. The van der Waals surface area contributed by atoms with Crippen LogP contribution in [0.5, 0.6) is 0 Å². The van der Waals surface area contributed by atoms with Crippen molar-refractivity contribution in [1.82, 2.24) is 0 Å². The van der Waals surface area contributed by atoms with Crippen LogP contribution in [0.1, 0.15) is 0 Å². The van der Waals surface area contributed by atoms with E-state index in [9.17, 15) is 0 Å². The van der Waals surface area contributed by atoms with Gasteiger partial charge in [-0.05, 0) is 104 Å². The van der Waals surface area contributed by atoms with Crippen molar-refractivity contribution in [3.63, 3.8) is 0 Å². The van der Waals surface area contributed by atoms with E-state index in [1.807, 2.05) is 12.1 Å². The van der Waals surface area contributed by atoms with Gasteiger partial charge in [0.25, 0.3) is 0 Å². The molecule has 12 rings (SSSR count). The quantitative estimate of drug-likeness (QED) is 0.107. The Hall–Kier alpha value is -8.18. The fraction of sp³-hybridized carbons (Fsp3) is 0. The number of fused-ring (bicyclic) bond motifs is 6. The molecule has 0 atom stereocenters. The lowest BCUT2D eigenvalue weighted by Gasteiger charge is -2.34. The molecule has 0 spiro atoms. The van der Waals surface area contributed by atoms with Crippen molar-refractivity contribution >= 4 is 89.8 Å². The minimum Gasteiger partial charge on any atom is -0.456 e. The van der Waals surface area contributed by atoms with E-state index in [1.54, 1.807) is 0 Å². The monoisotopic (exact) mass is 835 g/mol. The van der Waals surface area contributed by atoms with Crippen LogP contribution in [0.2, 0.25) is 0 Å². The molecule has 0 radical (unpaired) electrons. The van der Waals surface area contributed by atoms with Crippen molar-refractivity contribution in [2.75, 3.05) is 4.90 Å². The van der Waals surface area contributed by atoms with Crippen molar-refractivity contribution < 1.29 is 8.83 Å². The number of para-hydroxylation sites is 1. The molecule has 302 valence electrons. The van der Waals surface area contributed by atoms with Gasteiger partial charge >= 0.3 is 0 Å². The molecule has 0 unspecified atom stereocenters. The summed E-state index contributed by atoms with van der Waals surface area (Å²) in [5, 5.41) is 9.81. The van der Waals surface area contributed by atoms with Crippen LogP contribution in [-0.4, -0.2) is 8.07 Å². The summed E-state index contributed by atoms with van der Waals surface area (Å²) in [5.41, 5.74) is 11.2. The van der Waals surface area contributed by atoms with Crippen LogP contribution in [0.4, 0.5) is 17.1 Å². The largest absolute Gasteiger partial charge is 0.456 e. The number of hydrogen-bond donors (Lipinski definition) is 0. The first-order valence-electron chi connectivity index (χ1n) is 21.8. The highest BCUT2D eigenvalue weighted by atomic mass is 28.3. The van der Waals surface area contributed by atoms with E-state index in [4.69, 9.17) is 8.83 Å². The Morgan fingerprint density at radius 3 is 1.30 bits per heavy atom. The fourth-order valence-corrected chi connectivity index (χ4v) is 14.5. The molecule has 0 aliphatic rings. The zero-order valence-electron chi connectivity index (χ0n) is 34.9. The predicted molar refractivity (Wildman–Crippen MR) is 270 cm³/mol. The van der Waals surface area contributed by atoms with E-state index in [1.165, 1.54) is 31.9 Å². The number of benzene rings is 10. The van der Waals surface area contributed by atoms with Crippen LogP contribution in [0.3, 0.4) is 0 Å². The van der Waals surface area contributed by atoms with Gasteiger partial charge in [0, 0.05) is 44.7 Å². The average molecular weight is 836 g/mol. The van der Waals surface area contributed by atoms with E-state index in [0.717, 1.165) is 72.1 Å². The third-order valence-corrected chi connectivity index (χ3v) is 17.6. The van der Waals surface area contributed by atoms with E-state index in [2.05, 4.69) is 241 Å². The van der Waals surface area contributed by atoms with Gasteiger partial charge < -0.3 is 13.7 Å². The second-order valence-electron chi connectivity index (χ2n) is 16.4. The molecule has 0 amide bonds. The molecule has 0 saturated carbocycles. The second kappa shape index (κ2) is 15.6. The number of furan rings is 2. The van der Waals surface area contributed by atoms with Gasteiger partial charge in [0.1, 0.15) is 22.3 Å². The van der Waals surface area contributed by atoms with Crippen LogP contribution in [0.15, 0.2) is 258 Å². The lowest BCUT2D eigenvalue weighted by atomic mass is 10.0. The lowest BCUT2D eigenvalue weighted by molar-refractivity contribution is 0.668. The first-order valence-corrected chi connectivity index (χ1v) is 23.8. The molecule has 64 heavy (non-hydrogen) atoms. The molecular formula is C60H41NO2Si. The molecule has 4 heteroatoms. The van der Waals surface area contributed by atoms with Gasteiger partial charge in [-0.3, -0.25) is 0 Å². The van der Waals surface area contributed by atoms with E-state index in [-0.39, 0.29) is 0 Å². The second-order valence-corrected chi connectivity index (χ2v) is 20.3. The third-order valence-electron chi connectivity index (χ3n) is 12.8. The maximum Gasteiger partial charge on any atom is 0.179 e. The van der Waals surface area contributed by atoms with Gasteiger partial charge in [-0.15, -0.1) is 0 Å². The molecule has 0 saturated heterocycles. The third kappa shape index (κ3) is 6.35. The number of anilines is 3. The van der Waals surface area contributed by atoms with Gasteiger partial charge in [0.05, 0.1) is 0 Å². The summed E-state index contributed by atoms with van der Waals surface area (Å²) in [4.78, 5) is 2.32. The van der Waals surface area contributed by atoms with Crippen LogP contribution < -0.4 is 25.6 Å². The number of rotatable bonds is 9. The number of nitrogens with zero attached hydrogens (tertiary/aromatic N) is 1. The van der Waals surface area contributed by atoms with Crippen molar-refractivity contribution in [3.8, 4) is 22.3 Å². The molecule has 0 fully saturated rings. The fourth-order valence-electron chi connectivity index (χ4n) is 9.80. The molecule has 0 bridgehead atoms. The smallest absolute Gasteiger partial charge is 0.179 e. The van der Waals surface area contributed by atoms with Gasteiger partial charge in [-0.25, -0.2) is 0 Å². The van der Waals surface area contributed by atoms with Crippen LogP contribution in [0.25, 0.3) is 66.1 Å². The van der Waals surface area contributed by atoms with Crippen LogP contribution in [0, 0.1) is 0 Å². The summed E-state index contributed by atoms with van der Waals surface area (Å²) in [6.45, 7) is 0. The summed E-state index contributed by atoms with van der Waals surface area (Å²) >= 11 is 0. The first kappa shape index (κ1) is 37.6. The molecular weight excluding hydrogens is 795 g/mol. The minimum atomic E-state index is -2.63. The van der Waals surface area contributed by atoms with Gasteiger partial charge in [0.15, 0.2) is 8.07 Å². The first-order chi connectivity index (χ1) is 31.7. The Balaban J connectivity index is 0.963. The van der Waals surface area contributed by atoms with Crippen LogP contribution >= 0.6 is 0 Å². The van der Waals surface area contributed by atoms with Crippen molar-refractivity contribution in [2.24, 2.45) is 0 Å². The lowest BCUT2D eigenvalue weighted by Crippen LogP contribution is -2.74. The van der Waals surface area contributed by atoms with Crippen molar-refractivity contribution in [2.45, 2.75) is 0 Å². The summed E-state index contributed by atoms with van der Waals surface area (Å²) in [6.07, 6.45) is 0. The predicted octanol–water partition coefficient (Wildman–Crippen LogP) is 13.7. The molecule has 2 heterocycles. The highest BCUT2D eigenvalue weighted by Gasteiger charge is 2.41. The summed E-state index contributed by atoms with van der Waals surface area (Å²) < 4.78 is 12.9. The van der Waals surface area contributed by atoms with Crippen LogP contribution in [-0.2, 0) is 0 Å².